The zero-order chi connectivity index (χ0) is 23.1. The van der Waals surface area contributed by atoms with Gasteiger partial charge < -0.3 is 19.2 Å². The SMILES string of the molecule is CCOc1cc([C@H]2c3c(oc4ccccc4c3=O)C(=O)N2Cc2ccc(F)cc2)ccc1O. The highest BCUT2D eigenvalue weighted by molar-refractivity contribution is 5.99. The molecule has 6 nitrogen and oxygen atoms in total. The third kappa shape index (κ3) is 3.51. The third-order valence-electron chi connectivity index (χ3n) is 5.74. The van der Waals surface area contributed by atoms with Crippen molar-refractivity contribution in [3.05, 3.63) is 105 Å². The molecule has 3 aromatic carbocycles. The lowest BCUT2D eigenvalue weighted by Crippen LogP contribution is -2.29. The number of amides is 1. The number of phenolic OH excluding ortho intramolecular Hbond substituents is 1. The summed E-state index contributed by atoms with van der Waals surface area (Å²) < 4.78 is 24.9. The van der Waals surface area contributed by atoms with E-state index in [0.29, 0.717) is 28.7 Å². The Hall–Kier alpha value is -4.13. The third-order valence-corrected chi connectivity index (χ3v) is 5.74. The Bertz CT molecular complexity index is 1430. The first-order valence-electron chi connectivity index (χ1n) is 10.5. The molecule has 0 saturated carbocycles. The van der Waals surface area contributed by atoms with E-state index in [-0.39, 0.29) is 40.6 Å². The molecule has 1 N–H and O–H groups in total. The molecule has 0 saturated heterocycles. The van der Waals surface area contributed by atoms with Crippen molar-refractivity contribution in [1.82, 2.24) is 4.90 Å². The van der Waals surface area contributed by atoms with Crippen molar-refractivity contribution < 1.29 is 23.4 Å². The number of halogens is 1. The summed E-state index contributed by atoms with van der Waals surface area (Å²) >= 11 is 0. The van der Waals surface area contributed by atoms with E-state index in [1.165, 1.54) is 23.1 Å². The second kappa shape index (κ2) is 8.09. The molecular weight excluding hydrogens is 425 g/mol. The van der Waals surface area contributed by atoms with E-state index >= 15 is 0 Å². The average Bonchev–Trinajstić information content (AvgIpc) is 3.09. The standard InChI is InChI=1S/C26H20FNO5/c1-2-32-21-13-16(9-12-19(21)29)23-22-24(30)18-5-3-4-6-20(18)33-25(22)26(31)28(23)14-15-7-10-17(27)11-8-15/h3-13,23,29H,2,14H2,1H3/t23-/m0/s1. The number of carbonyl (C=O) groups excluding carboxylic acids is 1. The maximum absolute atomic E-state index is 13.5. The van der Waals surface area contributed by atoms with Crippen LogP contribution in [0, 0.1) is 5.82 Å². The van der Waals surface area contributed by atoms with Crippen LogP contribution < -0.4 is 10.2 Å². The van der Waals surface area contributed by atoms with Crippen molar-refractivity contribution in [2.45, 2.75) is 19.5 Å². The largest absolute Gasteiger partial charge is 0.504 e. The van der Waals surface area contributed by atoms with Gasteiger partial charge in [-0.2, -0.15) is 0 Å². The molecule has 4 aromatic rings. The molecule has 1 amide bonds. The zero-order valence-corrected chi connectivity index (χ0v) is 17.7. The van der Waals surface area contributed by atoms with Crippen LogP contribution in [-0.4, -0.2) is 22.5 Å². The predicted octanol–water partition coefficient (Wildman–Crippen LogP) is 4.78. The van der Waals surface area contributed by atoms with E-state index in [2.05, 4.69) is 0 Å². The Morgan fingerprint density at radius 1 is 1.06 bits per heavy atom. The monoisotopic (exact) mass is 445 g/mol. The molecule has 166 valence electrons. The number of phenols is 1. The van der Waals surface area contributed by atoms with Gasteiger partial charge in [-0.3, -0.25) is 9.59 Å². The normalized spacial score (nSPS) is 15.2. The predicted molar refractivity (Wildman–Crippen MR) is 120 cm³/mol. The first-order chi connectivity index (χ1) is 16.0. The van der Waals surface area contributed by atoms with Crippen LogP contribution in [0.3, 0.4) is 0 Å². The van der Waals surface area contributed by atoms with E-state index in [4.69, 9.17) is 9.15 Å². The minimum atomic E-state index is -0.766. The lowest BCUT2D eigenvalue weighted by molar-refractivity contribution is 0.0714. The first-order valence-corrected chi connectivity index (χ1v) is 10.5. The van der Waals surface area contributed by atoms with Crippen molar-refractivity contribution in [3.8, 4) is 11.5 Å². The molecule has 0 aliphatic carbocycles. The van der Waals surface area contributed by atoms with Gasteiger partial charge in [0.25, 0.3) is 5.91 Å². The molecule has 0 bridgehead atoms. The highest BCUT2D eigenvalue weighted by Crippen LogP contribution is 2.41. The number of benzene rings is 3. The molecule has 0 unspecified atom stereocenters. The summed E-state index contributed by atoms with van der Waals surface area (Å²) in [6, 6.07) is 16.6. The summed E-state index contributed by atoms with van der Waals surface area (Å²) in [5, 5.41) is 10.5. The number of para-hydroxylation sites is 1. The Kier molecular flexibility index (Phi) is 5.09. The number of nitrogens with zero attached hydrogens (tertiary/aromatic N) is 1. The van der Waals surface area contributed by atoms with Gasteiger partial charge in [0, 0.05) is 6.54 Å². The van der Waals surface area contributed by atoms with Crippen molar-refractivity contribution in [1.29, 1.82) is 0 Å². The van der Waals surface area contributed by atoms with Crippen LogP contribution in [0.4, 0.5) is 4.39 Å². The smallest absolute Gasteiger partial charge is 0.291 e. The fourth-order valence-corrected chi connectivity index (χ4v) is 4.24. The van der Waals surface area contributed by atoms with Crippen LogP contribution in [0.1, 0.15) is 40.2 Å². The molecule has 0 radical (unpaired) electrons. The number of carbonyl (C=O) groups is 1. The van der Waals surface area contributed by atoms with Gasteiger partial charge in [-0.1, -0.05) is 30.3 Å². The van der Waals surface area contributed by atoms with Crippen molar-refractivity contribution in [2.75, 3.05) is 6.61 Å². The van der Waals surface area contributed by atoms with Crippen molar-refractivity contribution in [3.63, 3.8) is 0 Å². The number of aromatic hydroxyl groups is 1. The number of rotatable bonds is 5. The number of ether oxygens (including phenoxy) is 1. The highest BCUT2D eigenvalue weighted by Gasteiger charge is 2.43. The molecule has 1 atom stereocenters. The van der Waals surface area contributed by atoms with Crippen molar-refractivity contribution in [2.24, 2.45) is 0 Å². The molecule has 5 rings (SSSR count). The van der Waals surface area contributed by atoms with Crippen LogP contribution >= 0.6 is 0 Å². The fraction of sp³-hybridized carbons (Fsp3) is 0.154. The number of hydrogen-bond donors (Lipinski definition) is 1. The van der Waals surface area contributed by atoms with E-state index in [9.17, 15) is 19.1 Å². The molecule has 33 heavy (non-hydrogen) atoms. The summed E-state index contributed by atoms with van der Waals surface area (Å²) in [6.07, 6.45) is 0. The van der Waals surface area contributed by atoms with Crippen LogP contribution in [0.15, 0.2) is 75.9 Å². The quantitative estimate of drug-likeness (QED) is 0.478. The van der Waals surface area contributed by atoms with Gasteiger partial charge in [0.05, 0.1) is 23.6 Å². The van der Waals surface area contributed by atoms with Crippen LogP contribution in [0.25, 0.3) is 11.0 Å². The van der Waals surface area contributed by atoms with E-state index in [1.54, 1.807) is 55.5 Å². The average molecular weight is 445 g/mol. The summed E-state index contributed by atoms with van der Waals surface area (Å²) in [6.45, 7) is 2.26. The van der Waals surface area contributed by atoms with Gasteiger partial charge in [0.15, 0.2) is 16.9 Å². The van der Waals surface area contributed by atoms with Crippen molar-refractivity contribution >= 4 is 16.9 Å². The summed E-state index contributed by atoms with van der Waals surface area (Å²) in [5.41, 5.74) is 1.56. The highest BCUT2D eigenvalue weighted by atomic mass is 19.1. The van der Waals surface area contributed by atoms with Crippen LogP contribution in [0.5, 0.6) is 11.5 Å². The second-order valence-corrected chi connectivity index (χ2v) is 7.79. The summed E-state index contributed by atoms with van der Waals surface area (Å²) in [5.74, 6) is -0.622. The lowest BCUT2D eigenvalue weighted by atomic mass is 9.97. The lowest BCUT2D eigenvalue weighted by Gasteiger charge is -2.25. The molecule has 1 aliphatic heterocycles. The minimum absolute atomic E-state index is 0.0168. The van der Waals surface area contributed by atoms with Gasteiger partial charge in [-0.25, -0.2) is 4.39 Å². The topological polar surface area (TPSA) is 80.0 Å². The fourth-order valence-electron chi connectivity index (χ4n) is 4.24. The van der Waals surface area contributed by atoms with Gasteiger partial charge >= 0.3 is 0 Å². The van der Waals surface area contributed by atoms with Gasteiger partial charge in [0.2, 0.25) is 5.76 Å². The van der Waals surface area contributed by atoms with Gasteiger partial charge in [0.1, 0.15) is 11.4 Å². The Morgan fingerprint density at radius 3 is 2.58 bits per heavy atom. The Balaban J connectivity index is 1.71. The van der Waals surface area contributed by atoms with Gasteiger partial charge in [-0.05, 0) is 54.4 Å². The summed E-state index contributed by atoms with van der Waals surface area (Å²) in [4.78, 5) is 28.5. The van der Waals surface area contributed by atoms with Gasteiger partial charge in [-0.15, -0.1) is 0 Å². The molecule has 0 spiro atoms. The molecule has 0 fully saturated rings. The van der Waals surface area contributed by atoms with E-state index in [1.807, 2.05) is 0 Å². The Labute approximate surface area is 188 Å². The van der Waals surface area contributed by atoms with Crippen LogP contribution in [0.2, 0.25) is 0 Å². The molecule has 2 heterocycles. The Morgan fingerprint density at radius 2 is 1.82 bits per heavy atom. The van der Waals surface area contributed by atoms with E-state index in [0.717, 1.165) is 0 Å². The summed E-state index contributed by atoms with van der Waals surface area (Å²) in [7, 11) is 0. The molecular formula is C26H20FNO5. The second-order valence-electron chi connectivity index (χ2n) is 7.79. The molecule has 1 aromatic heterocycles. The number of fused-ring (bicyclic) bond motifs is 2. The maximum Gasteiger partial charge on any atom is 0.291 e. The molecule has 7 heteroatoms. The molecule has 1 aliphatic rings. The maximum atomic E-state index is 13.5. The van der Waals surface area contributed by atoms with E-state index < -0.39 is 11.9 Å². The van der Waals surface area contributed by atoms with Crippen LogP contribution in [-0.2, 0) is 6.54 Å². The minimum Gasteiger partial charge on any atom is -0.504 e. The number of hydrogen-bond acceptors (Lipinski definition) is 5. The zero-order valence-electron chi connectivity index (χ0n) is 17.7. The first kappa shape index (κ1) is 20.8.